The molecule has 3 nitrogen and oxygen atoms in total. The van der Waals surface area contributed by atoms with Gasteiger partial charge in [0.15, 0.2) is 0 Å². The van der Waals surface area contributed by atoms with Crippen molar-refractivity contribution in [3.63, 3.8) is 0 Å². The first-order valence-corrected chi connectivity index (χ1v) is 7.23. The molecule has 0 aliphatic heterocycles. The van der Waals surface area contributed by atoms with Crippen LogP contribution in [0, 0.1) is 12.8 Å². The molecule has 1 amide bonds. The quantitative estimate of drug-likeness (QED) is 0.677. The molecule has 1 unspecified atom stereocenters. The predicted molar refractivity (Wildman–Crippen MR) is 71.8 cm³/mol. The second-order valence-corrected chi connectivity index (χ2v) is 5.48. The first-order chi connectivity index (χ1) is 7.06. The summed E-state index contributed by atoms with van der Waals surface area (Å²) in [6.07, 6.45) is 0. The first-order valence-electron chi connectivity index (χ1n) is 4.83. The highest BCUT2D eigenvalue weighted by Gasteiger charge is 2.18. The Kier molecular flexibility index (Phi) is 4.98. The topological polar surface area (TPSA) is 42.0 Å². The van der Waals surface area contributed by atoms with Gasteiger partial charge in [0.05, 0.1) is 11.2 Å². The Morgan fingerprint density at radius 2 is 2.33 bits per heavy atom. The third-order valence-corrected chi connectivity index (χ3v) is 4.12. The highest BCUT2D eigenvalue weighted by Crippen LogP contribution is 2.13. The van der Waals surface area contributed by atoms with E-state index in [4.69, 9.17) is 0 Å². The molecular formula is C10H15IN2OS. The maximum Gasteiger partial charge on any atom is 0.263 e. The Morgan fingerprint density at radius 1 is 1.67 bits per heavy atom. The Balaban J connectivity index is 2.67. The smallest absolute Gasteiger partial charge is 0.263 e. The van der Waals surface area contributed by atoms with Crippen LogP contribution < -0.4 is 5.32 Å². The Labute approximate surface area is 108 Å². The molecule has 1 rings (SSSR count). The lowest BCUT2D eigenvalue weighted by atomic mass is 10.1. The summed E-state index contributed by atoms with van der Waals surface area (Å²) in [7, 11) is 0. The molecule has 0 spiro atoms. The van der Waals surface area contributed by atoms with Gasteiger partial charge in [-0.15, -0.1) is 11.3 Å². The molecule has 0 aliphatic rings. The van der Waals surface area contributed by atoms with E-state index in [0.717, 1.165) is 15.0 Å². The lowest BCUT2D eigenvalue weighted by Gasteiger charge is -2.19. The summed E-state index contributed by atoms with van der Waals surface area (Å²) in [4.78, 5) is 16.7. The van der Waals surface area contributed by atoms with Crippen molar-refractivity contribution in [2.75, 3.05) is 4.43 Å². The molecule has 0 radical (unpaired) electrons. The normalized spacial score (nSPS) is 12.9. The number of rotatable bonds is 4. The zero-order valence-electron chi connectivity index (χ0n) is 9.08. The number of hydrogen-bond acceptors (Lipinski definition) is 3. The van der Waals surface area contributed by atoms with E-state index in [1.807, 2.05) is 6.92 Å². The van der Waals surface area contributed by atoms with Gasteiger partial charge in [-0.2, -0.15) is 0 Å². The summed E-state index contributed by atoms with van der Waals surface area (Å²) >= 11 is 3.69. The van der Waals surface area contributed by atoms with Gasteiger partial charge in [-0.3, -0.25) is 4.79 Å². The second kappa shape index (κ2) is 5.79. The molecule has 0 saturated heterocycles. The van der Waals surface area contributed by atoms with Crippen LogP contribution >= 0.6 is 33.9 Å². The predicted octanol–water partition coefficient (Wildman–Crippen LogP) is 2.64. The van der Waals surface area contributed by atoms with E-state index < -0.39 is 0 Å². The highest BCUT2D eigenvalue weighted by atomic mass is 127. The van der Waals surface area contributed by atoms with Crippen molar-refractivity contribution in [2.45, 2.75) is 26.8 Å². The molecule has 5 heteroatoms. The standard InChI is InChI=1S/C10H15IN2OS/c1-6(2)8(4-11)13-10(14)9-7(3)12-5-15-9/h5-6,8H,4H2,1-3H3,(H,13,14). The van der Waals surface area contributed by atoms with Crippen LogP contribution in [0.5, 0.6) is 0 Å². The third-order valence-electron chi connectivity index (χ3n) is 2.24. The molecule has 1 heterocycles. The van der Waals surface area contributed by atoms with E-state index in [0.29, 0.717) is 5.92 Å². The maximum atomic E-state index is 11.9. The fourth-order valence-corrected chi connectivity index (χ4v) is 3.08. The summed E-state index contributed by atoms with van der Waals surface area (Å²) in [6.45, 7) is 6.09. The lowest BCUT2D eigenvalue weighted by molar-refractivity contribution is 0.0935. The van der Waals surface area contributed by atoms with Crippen LogP contribution in [0.15, 0.2) is 5.51 Å². The fraction of sp³-hybridized carbons (Fsp3) is 0.600. The summed E-state index contributed by atoms with van der Waals surface area (Å²) in [5.74, 6) is 0.462. The van der Waals surface area contributed by atoms with Crippen LogP contribution in [0.4, 0.5) is 0 Å². The zero-order valence-corrected chi connectivity index (χ0v) is 12.1. The van der Waals surface area contributed by atoms with Gasteiger partial charge in [-0.05, 0) is 12.8 Å². The lowest BCUT2D eigenvalue weighted by Crippen LogP contribution is -2.39. The largest absolute Gasteiger partial charge is 0.348 e. The molecule has 0 bridgehead atoms. The van der Waals surface area contributed by atoms with Gasteiger partial charge in [-0.1, -0.05) is 36.4 Å². The number of nitrogens with one attached hydrogen (secondary N) is 1. The van der Waals surface area contributed by atoms with E-state index in [-0.39, 0.29) is 11.9 Å². The van der Waals surface area contributed by atoms with Gasteiger partial charge in [0.2, 0.25) is 0 Å². The van der Waals surface area contributed by atoms with Crippen LogP contribution in [0.25, 0.3) is 0 Å². The van der Waals surface area contributed by atoms with Crippen molar-refractivity contribution in [1.29, 1.82) is 0 Å². The van der Waals surface area contributed by atoms with E-state index in [1.165, 1.54) is 11.3 Å². The number of aromatic nitrogens is 1. The van der Waals surface area contributed by atoms with E-state index >= 15 is 0 Å². The minimum absolute atomic E-state index is 0.00497. The molecule has 0 aromatic carbocycles. The second-order valence-electron chi connectivity index (χ2n) is 3.75. The Hall–Kier alpha value is -0.170. The molecule has 0 aliphatic carbocycles. The van der Waals surface area contributed by atoms with E-state index in [2.05, 4.69) is 46.7 Å². The third kappa shape index (κ3) is 3.41. The molecule has 1 aromatic heterocycles. The molecule has 1 aromatic rings. The van der Waals surface area contributed by atoms with Crippen LogP contribution in [-0.4, -0.2) is 21.4 Å². The summed E-state index contributed by atoms with van der Waals surface area (Å²) in [5, 5.41) is 3.03. The van der Waals surface area contributed by atoms with Gasteiger partial charge < -0.3 is 5.32 Å². The number of carbonyl (C=O) groups is 1. The average molecular weight is 338 g/mol. The Morgan fingerprint density at radius 3 is 2.73 bits per heavy atom. The molecule has 15 heavy (non-hydrogen) atoms. The van der Waals surface area contributed by atoms with E-state index in [9.17, 15) is 4.79 Å². The number of alkyl halides is 1. The minimum Gasteiger partial charge on any atom is -0.348 e. The number of carbonyl (C=O) groups excluding carboxylic acids is 1. The number of hydrogen-bond donors (Lipinski definition) is 1. The average Bonchev–Trinajstić information content (AvgIpc) is 2.60. The monoisotopic (exact) mass is 338 g/mol. The maximum absolute atomic E-state index is 11.9. The highest BCUT2D eigenvalue weighted by molar-refractivity contribution is 14.1. The fourth-order valence-electron chi connectivity index (χ4n) is 1.14. The Bertz CT molecular complexity index is 338. The van der Waals surface area contributed by atoms with Gasteiger partial charge in [0.1, 0.15) is 4.88 Å². The number of nitrogens with zero attached hydrogens (tertiary/aromatic N) is 1. The van der Waals surface area contributed by atoms with Gasteiger partial charge in [0.25, 0.3) is 5.91 Å². The van der Waals surface area contributed by atoms with Crippen molar-refractivity contribution in [3.05, 3.63) is 16.1 Å². The molecule has 1 atom stereocenters. The van der Waals surface area contributed by atoms with Crippen LogP contribution in [0.1, 0.15) is 29.2 Å². The van der Waals surface area contributed by atoms with Crippen molar-refractivity contribution in [3.8, 4) is 0 Å². The number of amides is 1. The van der Waals surface area contributed by atoms with Crippen molar-refractivity contribution < 1.29 is 4.79 Å². The van der Waals surface area contributed by atoms with Crippen molar-refractivity contribution in [1.82, 2.24) is 10.3 Å². The zero-order chi connectivity index (χ0) is 11.4. The van der Waals surface area contributed by atoms with Crippen molar-refractivity contribution >= 4 is 39.8 Å². The number of thiazole rings is 1. The van der Waals surface area contributed by atoms with Crippen LogP contribution in [-0.2, 0) is 0 Å². The number of halogens is 1. The van der Waals surface area contributed by atoms with Gasteiger partial charge in [-0.25, -0.2) is 4.98 Å². The van der Waals surface area contributed by atoms with Gasteiger partial charge >= 0.3 is 0 Å². The molecule has 0 saturated carbocycles. The molecule has 84 valence electrons. The minimum atomic E-state index is 0.00497. The molecule has 1 N–H and O–H groups in total. The summed E-state index contributed by atoms with van der Waals surface area (Å²) in [5.41, 5.74) is 2.52. The van der Waals surface area contributed by atoms with E-state index in [1.54, 1.807) is 5.51 Å². The van der Waals surface area contributed by atoms with Crippen molar-refractivity contribution in [2.24, 2.45) is 5.92 Å². The molecular weight excluding hydrogens is 323 g/mol. The SMILES string of the molecule is Cc1ncsc1C(=O)NC(CI)C(C)C. The van der Waals surface area contributed by atoms with Gasteiger partial charge in [0, 0.05) is 10.5 Å². The number of aryl methyl sites for hydroxylation is 1. The van der Waals surface area contributed by atoms with Crippen LogP contribution in [0.2, 0.25) is 0 Å². The van der Waals surface area contributed by atoms with Crippen LogP contribution in [0.3, 0.4) is 0 Å². The molecule has 0 fully saturated rings. The summed E-state index contributed by atoms with van der Waals surface area (Å²) in [6, 6.07) is 0.236. The summed E-state index contributed by atoms with van der Waals surface area (Å²) < 4.78 is 0.930. The first kappa shape index (κ1) is 12.9.